The van der Waals surface area contributed by atoms with E-state index in [9.17, 15) is 31.2 Å². The fourth-order valence-corrected chi connectivity index (χ4v) is 7.84. The standard InChI is InChI=1S/C34H45ClF3N7O6S/c1-22-25(21-43(40-22)16-8-7-9-23-19-32(5,6)44(20-23)30(47)51-31(2,3)4)52(48,49)42-29(46)24-10-11-26(39-28(24)35)45-17-12-27(41-45)50-18-15-33(13-14-33)34(36,37)38/h10-12,17,21,23H,7-9,13-16,18-20H2,1-6H3,(H,42,46). The molecule has 1 unspecified atom stereocenters. The highest BCUT2D eigenvalue weighted by molar-refractivity contribution is 7.90. The Morgan fingerprint density at radius 3 is 2.44 bits per heavy atom. The van der Waals surface area contributed by atoms with Crippen molar-refractivity contribution in [1.29, 1.82) is 0 Å². The van der Waals surface area contributed by atoms with Gasteiger partial charge in [-0.25, -0.2) is 27.6 Å². The molecule has 1 saturated heterocycles. The maximum absolute atomic E-state index is 13.2. The summed E-state index contributed by atoms with van der Waals surface area (Å²) in [5, 5.41) is 8.19. The van der Waals surface area contributed by atoms with E-state index in [1.54, 1.807) is 4.90 Å². The summed E-state index contributed by atoms with van der Waals surface area (Å²) in [5.74, 6) is -0.431. The Morgan fingerprint density at radius 1 is 1.10 bits per heavy atom. The molecule has 0 spiro atoms. The van der Waals surface area contributed by atoms with Crippen LogP contribution in [0.3, 0.4) is 0 Å². The molecule has 18 heteroatoms. The quantitative estimate of drug-likeness (QED) is 0.145. The minimum Gasteiger partial charge on any atom is -0.477 e. The van der Waals surface area contributed by atoms with Gasteiger partial charge in [0.05, 0.1) is 23.3 Å². The number of likely N-dealkylation sites (tertiary alicyclic amines) is 1. The lowest BCUT2D eigenvalue weighted by atomic mass is 9.93. The highest BCUT2D eigenvalue weighted by Gasteiger charge is 2.62. The second-order valence-corrected chi connectivity index (χ2v) is 17.2. The van der Waals surface area contributed by atoms with Gasteiger partial charge in [-0.2, -0.15) is 18.3 Å². The number of carbonyl (C=O) groups excluding carboxylic acids is 2. The number of hydrogen-bond donors (Lipinski definition) is 1. The molecule has 1 aliphatic carbocycles. The van der Waals surface area contributed by atoms with Crippen molar-refractivity contribution in [1.82, 2.24) is 34.2 Å². The van der Waals surface area contributed by atoms with E-state index in [2.05, 4.69) is 15.2 Å². The Morgan fingerprint density at radius 2 is 1.81 bits per heavy atom. The number of alkyl halides is 3. The first-order valence-electron chi connectivity index (χ1n) is 17.1. The van der Waals surface area contributed by atoms with E-state index in [1.807, 2.05) is 39.3 Å². The minimum atomic E-state index is -4.32. The lowest BCUT2D eigenvalue weighted by Gasteiger charge is -2.33. The number of nitrogens with one attached hydrogen (secondary N) is 1. The number of halogens is 4. The Bertz CT molecular complexity index is 1900. The molecule has 3 aromatic rings. The number of rotatable bonds is 13. The van der Waals surface area contributed by atoms with E-state index in [1.165, 1.54) is 46.9 Å². The summed E-state index contributed by atoms with van der Waals surface area (Å²) >= 11 is 6.27. The van der Waals surface area contributed by atoms with Crippen molar-refractivity contribution in [3.8, 4) is 11.7 Å². The molecule has 5 rings (SSSR count). The summed E-state index contributed by atoms with van der Waals surface area (Å²) in [4.78, 5) is 31.5. The summed E-state index contributed by atoms with van der Waals surface area (Å²) in [6, 6.07) is 4.13. The molecular weight excluding hydrogens is 727 g/mol. The van der Waals surface area contributed by atoms with Crippen LogP contribution in [0.2, 0.25) is 5.15 Å². The molecule has 1 saturated carbocycles. The summed E-state index contributed by atoms with van der Waals surface area (Å²) in [5.41, 5.74) is -2.55. The SMILES string of the molecule is Cc1nn(CCCCC2CN(C(=O)OC(C)(C)C)C(C)(C)C2)cc1S(=O)(=O)NC(=O)c1ccc(-n2ccc(OCCC3(C(F)(F)F)CC3)n2)nc1Cl. The normalized spacial score (nSPS) is 18.3. The Kier molecular flexibility index (Phi) is 11.0. The minimum absolute atomic E-state index is 0.0848. The van der Waals surface area contributed by atoms with E-state index in [0.717, 1.165) is 25.7 Å². The lowest BCUT2D eigenvalue weighted by molar-refractivity contribution is -0.190. The zero-order chi connectivity index (χ0) is 38.3. The highest BCUT2D eigenvalue weighted by Crippen LogP contribution is 2.59. The maximum Gasteiger partial charge on any atom is 0.410 e. The van der Waals surface area contributed by atoms with Crippen LogP contribution in [0.1, 0.15) is 95.6 Å². The second kappa shape index (κ2) is 14.5. The third-order valence-corrected chi connectivity index (χ3v) is 11.1. The van der Waals surface area contributed by atoms with Crippen LogP contribution >= 0.6 is 11.6 Å². The van der Waals surface area contributed by atoms with Gasteiger partial charge in [-0.05, 0) is 98.1 Å². The number of aromatic nitrogens is 5. The molecule has 52 heavy (non-hydrogen) atoms. The van der Waals surface area contributed by atoms with Gasteiger partial charge in [-0.3, -0.25) is 9.48 Å². The van der Waals surface area contributed by atoms with Crippen molar-refractivity contribution in [2.45, 2.75) is 115 Å². The van der Waals surface area contributed by atoms with Gasteiger partial charge in [-0.1, -0.05) is 18.0 Å². The molecule has 1 aliphatic heterocycles. The number of ether oxygens (including phenoxy) is 2. The topological polar surface area (TPSA) is 151 Å². The van der Waals surface area contributed by atoms with Gasteiger partial charge in [-0.15, -0.1) is 5.10 Å². The molecule has 1 atom stereocenters. The van der Waals surface area contributed by atoms with Crippen LogP contribution in [-0.2, 0) is 21.3 Å². The molecule has 0 radical (unpaired) electrons. The van der Waals surface area contributed by atoms with Crippen molar-refractivity contribution >= 4 is 33.6 Å². The number of nitrogens with zero attached hydrogens (tertiary/aromatic N) is 6. The first-order valence-corrected chi connectivity index (χ1v) is 19.0. The second-order valence-electron chi connectivity index (χ2n) is 15.2. The molecule has 3 aromatic heterocycles. The summed E-state index contributed by atoms with van der Waals surface area (Å²) in [6.07, 6.45) is 1.58. The third kappa shape index (κ3) is 9.19. The predicted molar refractivity (Wildman–Crippen MR) is 185 cm³/mol. The van der Waals surface area contributed by atoms with Crippen molar-refractivity contribution in [3.05, 3.63) is 47.0 Å². The fourth-order valence-electron chi connectivity index (χ4n) is 6.45. The zero-order valence-electron chi connectivity index (χ0n) is 30.1. The molecular formula is C34H45ClF3N7O6S. The first-order chi connectivity index (χ1) is 24.1. The van der Waals surface area contributed by atoms with Crippen molar-refractivity contribution in [3.63, 3.8) is 0 Å². The van der Waals surface area contributed by atoms with E-state index in [4.69, 9.17) is 21.1 Å². The van der Waals surface area contributed by atoms with E-state index >= 15 is 0 Å². The van der Waals surface area contributed by atoms with Crippen molar-refractivity contribution in [2.75, 3.05) is 13.2 Å². The average molecular weight is 772 g/mol. The summed E-state index contributed by atoms with van der Waals surface area (Å²) in [6.45, 7) is 12.1. The average Bonchev–Trinajstić information content (AvgIpc) is 3.34. The number of sulfonamides is 1. The Hall–Kier alpha value is -3.86. The highest BCUT2D eigenvalue weighted by atomic mass is 35.5. The molecule has 2 aliphatic rings. The lowest BCUT2D eigenvalue weighted by Crippen LogP contribution is -2.45. The molecule has 2 amide bonds. The molecule has 0 bridgehead atoms. The van der Waals surface area contributed by atoms with Gasteiger partial charge >= 0.3 is 12.3 Å². The van der Waals surface area contributed by atoms with Gasteiger partial charge < -0.3 is 14.4 Å². The largest absolute Gasteiger partial charge is 0.477 e. The first kappa shape index (κ1) is 39.3. The van der Waals surface area contributed by atoms with Crippen LogP contribution in [-0.4, -0.2) is 80.3 Å². The fraction of sp³-hybridized carbons (Fsp3) is 0.618. The van der Waals surface area contributed by atoms with Crippen LogP contribution in [0.25, 0.3) is 5.82 Å². The molecule has 1 N–H and O–H groups in total. The number of aryl methyl sites for hydroxylation is 2. The number of carbonyl (C=O) groups is 2. The zero-order valence-corrected chi connectivity index (χ0v) is 31.7. The van der Waals surface area contributed by atoms with Crippen LogP contribution in [0, 0.1) is 18.3 Å². The molecule has 0 aromatic carbocycles. The summed E-state index contributed by atoms with van der Waals surface area (Å²) < 4.78 is 81.7. The number of unbranched alkanes of at least 4 members (excludes halogenated alkanes) is 1. The van der Waals surface area contributed by atoms with Gasteiger partial charge in [0.25, 0.3) is 15.9 Å². The van der Waals surface area contributed by atoms with Gasteiger partial charge in [0.2, 0.25) is 5.88 Å². The van der Waals surface area contributed by atoms with Gasteiger partial charge in [0, 0.05) is 37.1 Å². The van der Waals surface area contributed by atoms with E-state index in [0.29, 0.717) is 19.0 Å². The number of amides is 2. The van der Waals surface area contributed by atoms with Crippen molar-refractivity contribution in [2.24, 2.45) is 11.3 Å². The van der Waals surface area contributed by atoms with Gasteiger partial charge in [0.1, 0.15) is 15.6 Å². The Labute approximate surface area is 306 Å². The number of hydrogen-bond acceptors (Lipinski definition) is 9. The predicted octanol–water partition coefficient (Wildman–Crippen LogP) is 6.86. The monoisotopic (exact) mass is 771 g/mol. The van der Waals surface area contributed by atoms with Crippen LogP contribution in [0.4, 0.5) is 18.0 Å². The van der Waals surface area contributed by atoms with Crippen molar-refractivity contribution < 1.29 is 40.7 Å². The third-order valence-electron chi connectivity index (χ3n) is 9.40. The van der Waals surface area contributed by atoms with Crippen LogP contribution < -0.4 is 9.46 Å². The maximum atomic E-state index is 13.2. The van der Waals surface area contributed by atoms with E-state index in [-0.39, 0.29) is 70.5 Å². The smallest absolute Gasteiger partial charge is 0.410 e. The van der Waals surface area contributed by atoms with Crippen LogP contribution in [0.15, 0.2) is 35.5 Å². The number of pyridine rings is 1. The molecule has 2 fully saturated rings. The molecule has 13 nitrogen and oxygen atoms in total. The van der Waals surface area contributed by atoms with Gasteiger partial charge in [0.15, 0.2) is 5.82 Å². The summed E-state index contributed by atoms with van der Waals surface area (Å²) in [7, 11) is -4.32. The Balaban J connectivity index is 1.11. The molecule has 286 valence electrons. The van der Waals surface area contributed by atoms with E-state index < -0.39 is 33.1 Å². The van der Waals surface area contributed by atoms with Crippen LogP contribution in [0.5, 0.6) is 5.88 Å². The molecule has 4 heterocycles.